The molecule has 0 bridgehead atoms. The number of nitrogens with zero attached hydrogens (tertiary/aromatic N) is 1. The van der Waals surface area contributed by atoms with E-state index >= 15 is 0 Å². The van der Waals surface area contributed by atoms with Crippen LogP contribution in [0.3, 0.4) is 0 Å². The zero-order chi connectivity index (χ0) is 12.4. The van der Waals surface area contributed by atoms with Crippen molar-refractivity contribution in [1.29, 1.82) is 0 Å². The highest BCUT2D eigenvalue weighted by Gasteiger charge is 2.08. The summed E-state index contributed by atoms with van der Waals surface area (Å²) in [4.78, 5) is 14.8. The molecule has 5 heteroatoms. The number of hydrogen-bond acceptors (Lipinski definition) is 3. The number of aromatic nitrogens is 1. The van der Waals surface area contributed by atoms with E-state index in [4.69, 9.17) is 16.7 Å². The number of carboxylic acids is 1. The van der Waals surface area contributed by atoms with Crippen molar-refractivity contribution in [2.45, 2.75) is 13.3 Å². The lowest BCUT2D eigenvalue weighted by atomic mass is 10.1. The molecule has 2 rings (SSSR count). The molecule has 1 aromatic heterocycles. The fourth-order valence-corrected chi connectivity index (χ4v) is 2.39. The normalized spacial score (nSPS) is 10.5. The topological polar surface area (TPSA) is 50.2 Å². The Hall–Kier alpha value is -1.39. The van der Waals surface area contributed by atoms with Crippen LogP contribution in [0.2, 0.25) is 5.02 Å². The summed E-state index contributed by atoms with van der Waals surface area (Å²) in [5.41, 5.74) is 2.54. The maximum atomic E-state index is 10.6. The van der Waals surface area contributed by atoms with Crippen LogP contribution in [0.25, 0.3) is 10.6 Å². The van der Waals surface area contributed by atoms with Gasteiger partial charge >= 0.3 is 5.97 Å². The minimum Gasteiger partial charge on any atom is -0.481 e. The summed E-state index contributed by atoms with van der Waals surface area (Å²) in [6, 6.07) is 5.66. The van der Waals surface area contributed by atoms with Crippen LogP contribution in [0.1, 0.15) is 11.3 Å². The first-order valence-corrected chi connectivity index (χ1v) is 6.25. The molecule has 1 heterocycles. The Morgan fingerprint density at radius 1 is 1.53 bits per heavy atom. The van der Waals surface area contributed by atoms with Gasteiger partial charge in [0, 0.05) is 16.0 Å². The number of aliphatic carboxylic acids is 1. The van der Waals surface area contributed by atoms with Crippen molar-refractivity contribution < 1.29 is 9.90 Å². The van der Waals surface area contributed by atoms with Crippen LogP contribution < -0.4 is 0 Å². The van der Waals surface area contributed by atoms with Crippen LogP contribution in [0.5, 0.6) is 0 Å². The molecule has 88 valence electrons. The predicted molar refractivity (Wildman–Crippen MR) is 68.6 cm³/mol. The maximum Gasteiger partial charge on any atom is 0.309 e. The third kappa shape index (κ3) is 2.84. The molecule has 3 nitrogen and oxygen atoms in total. The van der Waals surface area contributed by atoms with Crippen molar-refractivity contribution in [3.8, 4) is 10.6 Å². The van der Waals surface area contributed by atoms with Crippen LogP contribution in [-0.2, 0) is 11.2 Å². The molecule has 0 aliphatic rings. The van der Waals surface area contributed by atoms with Crippen LogP contribution in [0.15, 0.2) is 23.6 Å². The number of benzene rings is 1. The van der Waals surface area contributed by atoms with E-state index < -0.39 is 5.97 Å². The number of carbonyl (C=O) groups is 1. The molecule has 0 fully saturated rings. The van der Waals surface area contributed by atoms with Crippen molar-refractivity contribution in [3.63, 3.8) is 0 Å². The van der Waals surface area contributed by atoms with Gasteiger partial charge in [-0.2, -0.15) is 0 Å². The standard InChI is InChI=1S/C12H10ClNO2S/c1-7-4-8(2-3-10(7)13)12-14-9(6-17-12)5-11(15)16/h2-4,6H,5H2,1H3,(H,15,16). The van der Waals surface area contributed by atoms with Gasteiger partial charge in [0.2, 0.25) is 0 Å². The number of hydrogen-bond donors (Lipinski definition) is 1. The smallest absolute Gasteiger partial charge is 0.309 e. The predicted octanol–water partition coefficient (Wildman–Crippen LogP) is 3.40. The zero-order valence-electron chi connectivity index (χ0n) is 9.11. The van der Waals surface area contributed by atoms with E-state index in [1.807, 2.05) is 25.1 Å². The van der Waals surface area contributed by atoms with Crippen molar-refractivity contribution >= 4 is 28.9 Å². The summed E-state index contributed by atoms with van der Waals surface area (Å²) in [6.45, 7) is 1.93. The molecule has 0 atom stereocenters. The van der Waals surface area contributed by atoms with Gasteiger partial charge < -0.3 is 5.11 Å². The lowest BCUT2D eigenvalue weighted by Crippen LogP contribution is -1.99. The fraction of sp³-hybridized carbons (Fsp3) is 0.167. The van der Waals surface area contributed by atoms with Crippen LogP contribution in [-0.4, -0.2) is 16.1 Å². The van der Waals surface area contributed by atoms with Gasteiger partial charge in [0.15, 0.2) is 0 Å². The van der Waals surface area contributed by atoms with Gasteiger partial charge in [-0.05, 0) is 24.6 Å². The average molecular weight is 268 g/mol. The molecular formula is C12H10ClNO2S. The number of thiazole rings is 1. The third-order valence-corrected chi connectivity index (χ3v) is 3.65. The SMILES string of the molecule is Cc1cc(-c2nc(CC(=O)O)cs2)ccc1Cl. The molecule has 0 aliphatic heterocycles. The third-order valence-electron chi connectivity index (χ3n) is 2.29. The summed E-state index contributed by atoms with van der Waals surface area (Å²) in [7, 11) is 0. The Kier molecular flexibility index (Phi) is 3.45. The molecule has 1 N–H and O–H groups in total. The minimum atomic E-state index is -0.867. The van der Waals surface area contributed by atoms with Gasteiger partial charge in [-0.3, -0.25) is 4.79 Å². The highest BCUT2D eigenvalue weighted by molar-refractivity contribution is 7.13. The summed E-state index contributed by atoms with van der Waals surface area (Å²) in [5.74, 6) is -0.867. The van der Waals surface area contributed by atoms with Gasteiger partial charge in [-0.15, -0.1) is 11.3 Å². The van der Waals surface area contributed by atoms with E-state index in [0.29, 0.717) is 5.69 Å². The van der Waals surface area contributed by atoms with Crippen LogP contribution >= 0.6 is 22.9 Å². The second kappa shape index (κ2) is 4.85. The van der Waals surface area contributed by atoms with E-state index in [1.165, 1.54) is 11.3 Å². The highest BCUT2D eigenvalue weighted by Crippen LogP contribution is 2.27. The van der Waals surface area contributed by atoms with Gasteiger partial charge in [0.1, 0.15) is 5.01 Å². The van der Waals surface area contributed by atoms with Crippen LogP contribution in [0, 0.1) is 6.92 Å². The lowest BCUT2D eigenvalue weighted by Gasteiger charge is -2.00. The monoisotopic (exact) mass is 267 g/mol. The Balaban J connectivity index is 2.30. The molecule has 2 aromatic rings. The van der Waals surface area contributed by atoms with Gasteiger partial charge in [-0.1, -0.05) is 17.7 Å². The number of carboxylic acid groups (broad SMARTS) is 1. The average Bonchev–Trinajstić information content (AvgIpc) is 2.69. The second-order valence-electron chi connectivity index (χ2n) is 3.68. The molecule has 0 saturated carbocycles. The largest absolute Gasteiger partial charge is 0.481 e. The molecule has 17 heavy (non-hydrogen) atoms. The van der Waals surface area contributed by atoms with E-state index in [9.17, 15) is 4.79 Å². The first-order valence-electron chi connectivity index (χ1n) is 4.99. The molecule has 0 saturated heterocycles. The highest BCUT2D eigenvalue weighted by atomic mass is 35.5. The Morgan fingerprint density at radius 3 is 2.94 bits per heavy atom. The lowest BCUT2D eigenvalue weighted by molar-refractivity contribution is -0.136. The number of halogens is 1. The van der Waals surface area contributed by atoms with Crippen molar-refractivity contribution in [3.05, 3.63) is 39.9 Å². The molecule has 0 aliphatic carbocycles. The first kappa shape index (κ1) is 12.1. The second-order valence-corrected chi connectivity index (χ2v) is 4.94. The maximum absolute atomic E-state index is 10.6. The van der Waals surface area contributed by atoms with E-state index in [1.54, 1.807) is 5.38 Å². The van der Waals surface area contributed by atoms with Crippen LogP contribution in [0.4, 0.5) is 0 Å². The Bertz CT molecular complexity index is 565. The van der Waals surface area contributed by atoms with E-state index in [-0.39, 0.29) is 6.42 Å². The Morgan fingerprint density at radius 2 is 2.29 bits per heavy atom. The number of aryl methyl sites for hydroxylation is 1. The zero-order valence-corrected chi connectivity index (χ0v) is 10.7. The molecular weight excluding hydrogens is 258 g/mol. The van der Waals surface area contributed by atoms with Gasteiger partial charge in [-0.25, -0.2) is 4.98 Å². The van der Waals surface area contributed by atoms with Gasteiger partial charge in [0.05, 0.1) is 12.1 Å². The summed E-state index contributed by atoms with van der Waals surface area (Å²) >= 11 is 7.39. The van der Waals surface area contributed by atoms with Gasteiger partial charge in [0.25, 0.3) is 0 Å². The van der Waals surface area contributed by atoms with Crippen molar-refractivity contribution in [2.75, 3.05) is 0 Å². The summed E-state index contributed by atoms with van der Waals surface area (Å²) in [5, 5.41) is 12.0. The fourth-order valence-electron chi connectivity index (χ4n) is 1.45. The molecule has 0 spiro atoms. The quantitative estimate of drug-likeness (QED) is 0.927. The number of rotatable bonds is 3. The first-order chi connectivity index (χ1) is 8.06. The molecule has 1 aromatic carbocycles. The van der Waals surface area contributed by atoms with Crippen molar-refractivity contribution in [1.82, 2.24) is 4.98 Å². The van der Waals surface area contributed by atoms with Crippen molar-refractivity contribution in [2.24, 2.45) is 0 Å². The summed E-state index contributed by atoms with van der Waals surface area (Å²) < 4.78 is 0. The van der Waals surface area contributed by atoms with E-state index in [0.717, 1.165) is 21.2 Å². The summed E-state index contributed by atoms with van der Waals surface area (Å²) in [6.07, 6.45) is -0.0386. The Labute approximate surface area is 108 Å². The minimum absolute atomic E-state index is 0.0386. The van der Waals surface area contributed by atoms with E-state index in [2.05, 4.69) is 4.98 Å². The molecule has 0 unspecified atom stereocenters. The molecule has 0 radical (unpaired) electrons. The molecule has 0 amide bonds.